The molecule has 0 aliphatic carbocycles. The van der Waals surface area contributed by atoms with Gasteiger partial charge in [-0.05, 0) is 24.6 Å². The highest BCUT2D eigenvalue weighted by molar-refractivity contribution is 5.96. The quantitative estimate of drug-likeness (QED) is 0.690. The maximum atomic E-state index is 11.9. The Morgan fingerprint density at radius 1 is 1.47 bits per heavy atom. The van der Waals surface area contributed by atoms with Crippen molar-refractivity contribution in [2.75, 3.05) is 18.9 Å². The fourth-order valence-electron chi connectivity index (χ4n) is 1.37. The molecule has 0 atom stereocenters. The molecule has 17 heavy (non-hydrogen) atoms. The number of amides is 1. The Kier molecular flexibility index (Phi) is 4.12. The first-order valence-electron chi connectivity index (χ1n) is 5.61. The molecule has 0 aliphatic heterocycles. The number of nitrogens with one attached hydrogen (secondary N) is 1. The Morgan fingerprint density at radius 3 is 2.71 bits per heavy atom. The number of carbonyl (C=O) groups excluding carboxylic acids is 1. The Morgan fingerprint density at radius 2 is 2.12 bits per heavy atom. The van der Waals surface area contributed by atoms with Gasteiger partial charge in [0.1, 0.15) is 0 Å². The summed E-state index contributed by atoms with van der Waals surface area (Å²) in [5, 5.41) is 11.9. The number of nitrogens with two attached hydrogens (primary N) is 1. The van der Waals surface area contributed by atoms with Crippen LogP contribution in [-0.2, 0) is 0 Å². The van der Waals surface area contributed by atoms with E-state index in [2.05, 4.69) is 5.32 Å². The zero-order valence-corrected chi connectivity index (χ0v) is 10.6. The van der Waals surface area contributed by atoms with Gasteiger partial charge < -0.3 is 16.2 Å². The first-order valence-corrected chi connectivity index (χ1v) is 5.61. The van der Waals surface area contributed by atoms with Crippen LogP contribution in [0.5, 0.6) is 0 Å². The Balaban J connectivity index is 2.74. The minimum absolute atomic E-state index is 0.0309. The van der Waals surface area contributed by atoms with Crippen LogP contribution in [0.4, 0.5) is 5.69 Å². The van der Waals surface area contributed by atoms with E-state index >= 15 is 0 Å². The van der Waals surface area contributed by atoms with Gasteiger partial charge in [-0.25, -0.2) is 0 Å². The number of nitrogen functional groups attached to an aromatic ring is 1. The predicted molar refractivity (Wildman–Crippen MR) is 68.8 cm³/mol. The minimum atomic E-state index is -0.316. The van der Waals surface area contributed by atoms with Crippen molar-refractivity contribution in [3.05, 3.63) is 29.3 Å². The van der Waals surface area contributed by atoms with Gasteiger partial charge in [0, 0.05) is 29.8 Å². The molecule has 4 heteroatoms. The average molecular weight is 236 g/mol. The molecule has 0 heterocycles. The summed E-state index contributed by atoms with van der Waals surface area (Å²) in [7, 11) is 0. The largest absolute Gasteiger partial charge is 0.398 e. The summed E-state index contributed by atoms with van der Waals surface area (Å²) in [5.41, 5.74) is 7.41. The second kappa shape index (κ2) is 5.19. The summed E-state index contributed by atoms with van der Waals surface area (Å²) in [5.74, 6) is -0.156. The van der Waals surface area contributed by atoms with Crippen molar-refractivity contribution in [2.24, 2.45) is 5.41 Å². The van der Waals surface area contributed by atoms with Gasteiger partial charge in [-0.3, -0.25) is 4.79 Å². The average Bonchev–Trinajstić information content (AvgIpc) is 2.30. The van der Waals surface area contributed by atoms with E-state index in [0.717, 1.165) is 5.56 Å². The number of anilines is 1. The summed E-state index contributed by atoms with van der Waals surface area (Å²) in [4.78, 5) is 11.9. The summed E-state index contributed by atoms with van der Waals surface area (Å²) in [6, 6.07) is 5.27. The first-order chi connectivity index (χ1) is 7.87. The van der Waals surface area contributed by atoms with Crippen molar-refractivity contribution in [2.45, 2.75) is 20.8 Å². The Hall–Kier alpha value is -1.55. The van der Waals surface area contributed by atoms with Crippen molar-refractivity contribution in [1.82, 2.24) is 5.32 Å². The number of hydrogen-bond donors (Lipinski definition) is 3. The molecule has 0 aromatic heterocycles. The second-order valence-electron chi connectivity index (χ2n) is 5.02. The molecule has 4 nitrogen and oxygen atoms in total. The zero-order valence-electron chi connectivity index (χ0n) is 10.6. The summed E-state index contributed by atoms with van der Waals surface area (Å²) in [6.45, 7) is 6.06. The van der Waals surface area contributed by atoms with Gasteiger partial charge in [0.25, 0.3) is 5.91 Å². The topological polar surface area (TPSA) is 75.4 Å². The molecule has 0 bridgehead atoms. The van der Waals surface area contributed by atoms with E-state index in [1.807, 2.05) is 20.8 Å². The Bertz CT molecular complexity index is 414. The van der Waals surface area contributed by atoms with Crippen LogP contribution >= 0.6 is 0 Å². The lowest BCUT2D eigenvalue weighted by molar-refractivity contribution is 0.0910. The molecule has 1 rings (SSSR count). The van der Waals surface area contributed by atoms with Crippen LogP contribution < -0.4 is 11.1 Å². The number of hydrogen-bond acceptors (Lipinski definition) is 3. The van der Waals surface area contributed by atoms with Crippen LogP contribution in [0.1, 0.15) is 29.8 Å². The van der Waals surface area contributed by atoms with E-state index in [4.69, 9.17) is 10.8 Å². The molecule has 1 aromatic rings. The molecule has 1 aromatic carbocycles. The molecular formula is C13H20N2O2. The van der Waals surface area contributed by atoms with Gasteiger partial charge in [-0.2, -0.15) is 0 Å². The first kappa shape index (κ1) is 13.5. The van der Waals surface area contributed by atoms with Crippen molar-refractivity contribution in [3.8, 4) is 0 Å². The molecule has 0 unspecified atom stereocenters. The molecule has 0 fully saturated rings. The van der Waals surface area contributed by atoms with Crippen LogP contribution in [0.3, 0.4) is 0 Å². The van der Waals surface area contributed by atoms with E-state index in [0.29, 0.717) is 17.8 Å². The number of aliphatic hydroxyl groups excluding tert-OH is 1. The lowest BCUT2D eigenvalue weighted by Crippen LogP contribution is -2.36. The molecular weight excluding hydrogens is 216 g/mol. The maximum absolute atomic E-state index is 11.9. The number of aliphatic hydroxyl groups is 1. The SMILES string of the molecule is Cc1c(N)cccc1C(=O)NCC(C)(C)CO. The smallest absolute Gasteiger partial charge is 0.251 e. The third-order valence-electron chi connectivity index (χ3n) is 2.78. The Labute approximate surface area is 102 Å². The molecule has 0 radical (unpaired) electrons. The van der Waals surface area contributed by atoms with E-state index in [1.54, 1.807) is 18.2 Å². The highest BCUT2D eigenvalue weighted by Crippen LogP contribution is 2.16. The van der Waals surface area contributed by atoms with Gasteiger partial charge in [-0.1, -0.05) is 19.9 Å². The van der Waals surface area contributed by atoms with Crippen molar-refractivity contribution in [3.63, 3.8) is 0 Å². The van der Waals surface area contributed by atoms with Crippen molar-refractivity contribution >= 4 is 11.6 Å². The fraction of sp³-hybridized carbons (Fsp3) is 0.462. The van der Waals surface area contributed by atoms with Crippen LogP contribution in [-0.4, -0.2) is 24.2 Å². The van der Waals surface area contributed by atoms with Crippen LogP contribution in [0.15, 0.2) is 18.2 Å². The highest BCUT2D eigenvalue weighted by Gasteiger charge is 2.18. The molecule has 1 amide bonds. The lowest BCUT2D eigenvalue weighted by atomic mass is 9.94. The molecule has 4 N–H and O–H groups in total. The number of benzene rings is 1. The molecule has 0 aliphatic rings. The molecule has 0 saturated carbocycles. The van der Waals surface area contributed by atoms with Crippen LogP contribution in [0.25, 0.3) is 0 Å². The third-order valence-corrected chi connectivity index (χ3v) is 2.78. The number of carbonyl (C=O) groups is 1. The van der Waals surface area contributed by atoms with E-state index in [-0.39, 0.29) is 17.9 Å². The van der Waals surface area contributed by atoms with Gasteiger partial charge >= 0.3 is 0 Å². The third kappa shape index (κ3) is 3.46. The minimum Gasteiger partial charge on any atom is -0.398 e. The normalized spacial score (nSPS) is 11.3. The van der Waals surface area contributed by atoms with E-state index in [1.165, 1.54) is 0 Å². The summed E-state index contributed by atoms with van der Waals surface area (Å²) in [6.07, 6.45) is 0. The monoisotopic (exact) mass is 236 g/mol. The number of rotatable bonds is 4. The molecule has 94 valence electrons. The van der Waals surface area contributed by atoms with Crippen LogP contribution in [0.2, 0.25) is 0 Å². The van der Waals surface area contributed by atoms with Crippen LogP contribution in [0, 0.1) is 12.3 Å². The van der Waals surface area contributed by atoms with E-state index < -0.39 is 0 Å². The highest BCUT2D eigenvalue weighted by atomic mass is 16.3. The van der Waals surface area contributed by atoms with Gasteiger partial charge in [-0.15, -0.1) is 0 Å². The van der Waals surface area contributed by atoms with E-state index in [9.17, 15) is 4.79 Å². The van der Waals surface area contributed by atoms with Gasteiger partial charge in [0.2, 0.25) is 0 Å². The van der Waals surface area contributed by atoms with Crippen molar-refractivity contribution in [1.29, 1.82) is 0 Å². The second-order valence-corrected chi connectivity index (χ2v) is 5.02. The standard InChI is InChI=1S/C13H20N2O2/c1-9-10(5-4-6-11(9)14)12(17)15-7-13(2,3)8-16/h4-6,16H,7-8,14H2,1-3H3,(H,15,17). The fourth-order valence-corrected chi connectivity index (χ4v) is 1.37. The summed E-state index contributed by atoms with van der Waals surface area (Å²) >= 11 is 0. The lowest BCUT2D eigenvalue weighted by Gasteiger charge is -2.22. The van der Waals surface area contributed by atoms with Crippen molar-refractivity contribution < 1.29 is 9.90 Å². The van der Waals surface area contributed by atoms with Gasteiger partial charge in [0.15, 0.2) is 0 Å². The van der Waals surface area contributed by atoms with Gasteiger partial charge in [0.05, 0.1) is 0 Å². The maximum Gasteiger partial charge on any atom is 0.251 e. The summed E-state index contributed by atoms with van der Waals surface area (Å²) < 4.78 is 0. The zero-order chi connectivity index (χ0) is 13.1. The molecule has 0 saturated heterocycles. The predicted octanol–water partition coefficient (Wildman–Crippen LogP) is 1.33. The molecule has 0 spiro atoms.